The molecular formula is C14H15FN2O. The van der Waals surface area contributed by atoms with Gasteiger partial charge < -0.3 is 9.88 Å². The van der Waals surface area contributed by atoms with E-state index in [1.54, 1.807) is 4.90 Å². The van der Waals surface area contributed by atoms with E-state index in [2.05, 4.69) is 4.98 Å². The molecule has 0 bridgehead atoms. The smallest absolute Gasteiger partial charge is 0.253 e. The SMILES string of the molecule is O=C(c1ccc2[nH]ccc2c1)N1CCC(CF)C1. The molecule has 1 aliphatic heterocycles. The highest BCUT2D eigenvalue weighted by atomic mass is 19.1. The number of aromatic amines is 1. The summed E-state index contributed by atoms with van der Waals surface area (Å²) < 4.78 is 12.6. The average molecular weight is 246 g/mol. The van der Waals surface area contributed by atoms with Crippen molar-refractivity contribution in [1.29, 1.82) is 0 Å². The number of rotatable bonds is 2. The summed E-state index contributed by atoms with van der Waals surface area (Å²) in [5.74, 6) is 0.0268. The fourth-order valence-electron chi connectivity index (χ4n) is 2.51. The van der Waals surface area contributed by atoms with Crippen molar-refractivity contribution in [2.45, 2.75) is 6.42 Å². The summed E-state index contributed by atoms with van der Waals surface area (Å²) in [6.45, 7) is 0.875. The molecule has 4 heteroatoms. The fourth-order valence-corrected chi connectivity index (χ4v) is 2.51. The van der Waals surface area contributed by atoms with Crippen LogP contribution in [0.3, 0.4) is 0 Å². The number of H-pyrrole nitrogens is 1. The lowest BCUT2D eigenvalue weighted by atomic mass is 10.1. The number of carbonyl (C=O) groups is 1. The van der Waals surface area contributed by atoms with Crippen LogP contribution in [0.2, 0.25) is 0 Å². The summed E-state index contributed by atoms with van der Waals surface area (Å²) in [6, 6.07) is 7.56. The van der Waals surface area contributed by atoms with Crippen LogP contribution >= 0.6 is 0 Å². The molecule has 1 N–H and O–H groups in total. The number of hydrogen-bond acceptors (Lipinski definition) is 1. The second-order valence-corrected chi connectivity index (χ2v) is 4.84. The van der Waals surface area contributed by atoms with Crippen LogP contribution in [0.15, 0.2) is 30.5 Å². The molecule has 1 atom stereocenters. The number of aromatic nitrogens is 1. The van der Waals surface area contributed by atoms with Crippen LogP contribution in [0, 0.1) is 5.92 Å². The summed E-state index contributed by atoms with van der Waals surface area (Å²) in [5, 5.41) is 1.03. The van der Waals surface area contributed by atoms with Crippen molar-refractivity contribution >= 4 is 16.8 Å². The lowest BCUT2D eigenvalue weighted by Gasteiger charge is -2.16. The Labute approximate surface area is 105 Å². The average Bonchev–Trinajstić information content (AvgIpc) is 3.05. The minimum absolute atomic E-state index is 0.00838. The Kier molecular flexibility index (Phi) is 2.78. The summed E-state index contributed by atoms with van der Waals surface area (Å²) in [5.41, 5.74) is 1.70. The van der Waals surface area contributed by atoms with Gasteiger partial charge >= 0.3 is 0 Å². The van der Waals surface area contributed by atoms with Crippen molar-refractivity contribution in [2.75, 3.05) is 19.8 Å². The van der Waals surface area contributed by atoms with Gasteiger partial charge in [-0.3, -0.25) is 9.18 Å². The van der Waals surface area contributed by atoms with Crippen molar-refractivity contribution in [3.05, 3.63) is 36.0 Å². The Morgan fingerprint density at radius 2 is 2.33 bits per heavy atom. The number of nitrogens with zero attached hydrogens (tertiary/aromatic N) is 1. The van der Waals surface area contributed by atoms with Crippen LogP contribution in [0.25, 0.3) is 10.9 Å². The van der Waals surface area contributed by atoms with Gasteiger partial charge in [0.05, 0.1) is 6.67 Å². The Bertz CT molecular complexity index is 578. The molecule has 0 radical (unpaired) electrons. The molecule has 1 fully saturated rings. The van der Waals surface area contributed by atoms with Crippen molar-refractivity contribution in [2.24, 2.45) is 5.92 Å². The zero-order chi connectivity index (χ0) is 12.5. The molecule has 1 saturated heterocycles. The Morgan fingerprint density at radius 3 is 3.11 bits per heavy atom. The zero-order valence-corrected chi connectivity index (χ0v) is 10.0. The van der Waals surface area contributed by atoms with Crippen LogP contribution in [0.4, 0.5) is 4.39 Å². The summed E-state index contributed by atoms with van der Waals surface area (Å²) in [7, 11) is 0. The fraction of sp³-hybridized carbons (Fsp3) is 0.357. The number of amides is 1. The van der Waals surface area contributed by atoms with E-state index in [1.807, 2.05) is 30.5 Å². The van der Waals surface area contributed by atoms with Crippen molar-refractivity contribution in [1.82, 2.24) is 9.88 Å². The molecule has 1 aliphatic rings. The quantitative estimate of drug-likeness (QED) is 0.868. The Balaban J connectivity index is 1.83. The number of benzene rings is 1. The van der Waals surface area contributed by atoms with E-state index in [9.17, 15) is 9.18 Å². The van der Waals surface area contributed by atoms with Crippen LogP contribution in [-0.2, 0) is 0 Å². The number of alkyl halides is 1. The predicted octanol–water partition coefficient (Wildman–Crippen LogP) is 2.60. The van der Waals surface area contributed by atoms with E-state index in [0.717, 1.165) is 17.3 Å². The van der Waals surface area contributed by atoms with E-state index in [1.165, 1.54) is 0 Å². The second kappa shape index (κ2) is 4.44. The highest BCUT2D eigenvalue weighted by Crippen LogP contribution is 2.21. The van der Waals surface area contributed by atoms with Gasteiger partial charge in [-0.1, -0.05) is 0 Å². The standard InChI is InChI=1S/C14H15FN2O/c15-8-10-4-6-17(9-10)14(18)12-1-2-13-11(7-12)3-5-16-13/h1-3,5,7,10,16H,4,6,8-9H2. The molecule has 18 heavy (non-hydrogen) atoms. The molecule has 2 heterocycles. The maximum atomic E-state index is 12.6. The zero-order valence-electron chi connectivity index (χ0n) is 10.0. The molecule has 1 aromatic heterocycles. The molecule has 0 aliphatic carbocycles. The van der Waals surface area contributed by atoms with Gasteiger partial charge in [0.2, 0.25) is 0 Å². The van der Waals surface area contributed by atoms with Crippen molar-refractivity contribution in [3.63, 3.8) is 0 Å². The number of carbonyl (C=O) groups excluding carboxylic acids is 1. The number of nitrogens with one attached hydrogen (secondary N) is 1. The van der Waals surface area contributed by atoms with E-state index in [0.29, 0.717) is 18.7 Å². The van der Waals surface area contributed by atoms with Crippen LogP contribution in [0.1, 0.15) is 16.8 Å². The highest BCUT2D eigenvalue weighted by Gasteiger charge is 2.26. The van der Waals surface area contributed by atoms with Gasteiger partial charge in [0.15, 0.2) is 0 Å². The number of hydrogen-bond donors (Lipinski definition) is 1. The minimum Gasteiger partial charge on any atom is -0.361 e. The van der Waals surface area contributed by atoms with Crippen LogP contribution in [0.5, 0.6) is 0 Å². The first-order valence-corrected chi connectivity index (χ1v) is 6.20. The van der Waals surface area contributed by atoms with E-state index in [4.69, 9.17) is 0 Å². The van der Waals surface area contributed by atoms with Gasteiger partial charge in [0.1, 0.15) is 0 Å². The molecule has 1 amide bonds. The molecule has 3 rings (SSSR count). The van der Waals surface area contributed by atoms with Crippen LogP contribution in [-0.4, -0.2) is 35.6 Å². The third kappa shape index (κ3) is 1.88. The number of likely N-dealkylation sites (tertiary alicyclic amines) is 1. The lowest BCUT2D eigenvalue weighted by molar-refractivity contribution is 0.0785. The van der Waals surface area contributed by atoms with Crippen molar-refractivity contribution in [3.8, 4) is 0 Å². The summed E-state index contributed by atoms with van der Waals surface area (Å²) in [6.07, 6.45) is 2.63. The highest BCUT2D eigenvalue weighted by molar-refractivity contribution is 5.98. The second-order valence-electron chi connectivity index (χ2n) is 4.84. The molecule has 94 valence electrons. The first-order chi connectivity index (χ1) is 8.78. The minimum atomic E-state index is -0.333. The van der Waals surface area contributed by atoms with Gasteiger partial charge in [-0.2, -0.15) is 0 Å². The lowest BCUT2D eigenvalue weighted by Crippen LogP contribution is -2.28. The number of fused-ring (bicyclic) bond motifs is 1. The number of halogens is 1. The van der Waals surface area contributed by atoms with Gasteiger partial charge in [-0.05, 0) is 30.7 Å². The molecule has 0 saturated carbocycles. The van der Waals surface area contributed by atoms with Gasteiger partial charge in [0, 0.05) is 41.7 Å². The van der Waals surface area contributed by atoms with E-state index >= 15 is 0 Å². The van der Waals surface area contributed by atoms with Crippen molar-refractivity contribution < 1.29 is 9.18 Å². The third-order valence-corrected chi connectivity index (χ3v) is 3.59. The Morgan fingerprint density at radius 1 is 1.44 bits per heavy atom. The molecular weight excluding hydrogens is 231 g/mol. The first-order valence-electron chi connectivity index (χ1n) is 6.20. The molecule has 3 nitrogen and oxygen atoms in total. The molecule has 0 spiro atoms. The topological polar surface area (TPSA) is 36.1 Å². The maximum absolute atomic E-state index is 12.6. The molecule has 1 unspecified atom stereocenters. The summed E-state index contributed by atoms with van der Waals surface area (Å²) >= 11 is 0. The normalized spacial score (nSPS) is 19.6. The van der Waals surface area contributed by atoms with E-state index < -0.39 is 0 Å². The Hall–Kier alpha value is -1.84. The van der Waals surface area contributed by atoms with Gasteiger partial charge in [-0.25, -0.2) is 0 Å². The predicted molar refractivity (Wildman–Crippen MR) is 68.3 cm³/mol. The van der Waals surface area contributed by atoms with Crippen LogP contribution < -0.4 is 0 Å². The summed E-state index contributed by atoms with van der Waals surface area (Å²) in [4.78, 5) is 17.1. The third-order valence-electron chi connectivity index (χ3n) is 3.59. The maximum Gasteiger partial charge on any atom is 0.253 e. The first kappa shape index (κ1) is 11.3. The van der Waals surface area contributed by atoms with Gasteiger partial charge in [0.25, 0.3) is 5.91 Å². The van der Waals surface area contributed by atoms with E-state index in [-0.39, 0.29) is 18.5 Å². The largest absolute Gasteiger partial charge is 0.361 e. The monoisotopic (exact) mass is 246 g/mol. The molecule has 1 aromatic carbocycles. The molecule has 2 aromatic rings. The van der Waals surface area contributed by atoms with Gasteiger partial charge in [-0.15, -0.1) is 0 Å².